The van der Waals surface area contributed by atoms with Crippen LogP contribution in [0.5, 0.6) is 0 Å². The summed E-state index contributed by atoms with van der Waals surface area (Å²) >= 11 is 0. The second-order valence-corrected chi connectivity index (χ2v) is 7.44. The van der Waals surface area contributed by atoms with Gasteiger partial charge in [-0.2, -0.15) is 0 Å². The lowest BCUT2D eigenvalue weighted by Crippen LogP contribution is -2.47. The van der Waals surface area contributed by atoms with Crippen molar-refractivity contribution >= 4 is 5.91 Å². The standard InChI is InChI=1S/C19H25FN2O2/c20-15-6-1-13(2-7-15)3-8-19(23)21-16-9-17-12-24-18(14-4-5-14)11-22(17)10-16/h1-2,6-7,14,16-18H,3-5,8-12H2,(H,21,23)/t16-,17-,18+/m0/s1. The molecule has 1 saturated carbocycles. The lowest BCUT2D eigenvalue weighted by molar-refractivity contribution is -0.121. The molecule has 0 bridgehead atoms. The molecule has 2 aliphatic heterocycles. The van der Waals surface area contributed by atoms with Crippen LogP contribution in [0.2, 0.25) is 0 Å². The maximum atomic E-state index is 12.9. The summed E-state index contributed by atoms with van der Waals surface area (Å²) in [5, 5.41) is 3.17. The maximum absolute atomic E-state index is 12.9. The van der Waals surface area contributed by atoms with E-state index in [2.05, 4.69) is 10.2 Å². The Bertz CT molecular complexity index is 588. The Balaban J connectivity index is 1.22. The van der Waals surface area contributed by atoms with Crippen molar-refractivity contribution in [2.45, 2.75) is 50.3 Å². The first-order valence-electron chi connectivity index (χ1n) is 9.07. The average molecular weight is 332 g/mol. The minimum atomic E-state index is -0.238. The number of morpholine rings is 1. The predicted octanol–water partition coefficient (Wildman–Crippen LogP) is 2.13. The second-order valence-electron chi connectivity index (χ2n) is 7.44. The minimum absolute atomic E-state index is 0.0869. The molecule has 0 aromatic heterocycles. The van der Waals surface area contributed by atoms with E-state index in [1.165, 1.54) is 25.0 Å². The monoisotopic (exact) mass is 332 g/mol. The van der Waals surface area contributed by atoms with Crippen molar-refractivity contribution in [1.29, 1.82) is 0 Å². The zero-order chi connectivity index (χ0) is 16.5. The molecule has 2 saturated heterocycles. The minimum Gasteiger partial charge on any atom is -0.375 e. The van der Waals surface area contributed by atoms with E-state index >= 15 is 0 Å². The highest BCUT2D eigenvalue weighted by atomic mass is 19.1. The van der Waals surface area contributed by atoms with Crippen molar-refractivity contribution in [2.75, 3.05) is 19.7 Å². The van der Waals surface area contributed by atoms with Crippen molar-refractivity contribution in [3.8, 4) is 0 Å². The molecule has 5 heteroatoms. The first-order chi connectivity index (χ1) is 11.7. The summed E-state index contributed by atoms with van der Waals surface area (Å²) in [6.07, 6.45) is 5.13. The number of carbonyl (C=O) groups excluding carboxylic acids is 1. The van der Waals surface area contributed by atoms with E-state index in [0.717, 1.165) is 37.6 Å². The van der Waals surface area contributed by atoms with Crippen LogP contribution in [0, 0.1) is 11.7 Å². The largest absolute Gasteiger partial charge is 0.375 e. The highest BCUT2D eigenvalue weighted by Gasteiger charge is 2.42. The van der Waals surface area contributed by atoms with E-state index in [9.17, 15) is 9.18 Å². The van der Waals surface area contributed by atoms with E-state index < -0.39 is 0 Å². The molecule has 4 rings (SSSR count). The Labute approximate surface area is 142 Å². The Morgan fingerprint density at radius 1 is 1.25 bits per heavy atom. The first-order valence-corrected chi connectivity index (χ1v) is 9.07. The topological polar surface area (TPSA) is 41.6 Å². The molecule has 0 unspecified atom stereocenters. The van der Waals surface area contributed by atoms with Crippen LogP contribution in [0.25, 0.3) is 0 Å². The third-order valence-electron chi connectivity index (χ3n) is 5.51. The average Bonchev–Trinajstić information content (AvgIpc) is 3.34. The van der Waals surface area contributed by atoms with Crippen LogP contribution >= 0.6 is 0 Å². The van der Waals surface area contributed by atoms with Crippen LogP contribution in [0.1, 0.15) is 31.2 Å². The summed E-state index contributed by atoms with van der Waals surface area (Å²) in [7, 11) is 0. The molecular weight excluding hydrogens is 307 g/mol. The number of rotatable bonds is 5. The molecule has 1 aliphatic carbocycles. The predicted molar refractivity (Wildman–Crippen MR) is 89.1 cm³/mol. The van der Waals surface area contributed by atoms with Gasteiger partial charge in [0.1, 0.15) is 5.82 Å². The van der Waals surface area contributed by atoms with Gasteiger partial charge in [-0.15, -0.1) is 0 Å². The summed E-state index contributed by atoms with van der Waals surface area (Å²) in [6, 6.07) is 7.07. The van der Waals surface area contributed by atoms with E-state index in [1.54, 1.807) is 12.1 Å². The first kappa shape index (κ1) is 16.0. The Kier molecular flexibility index (Phi) is 4.55. The van der Waals surface area contributed by atoms with Gasteiger partial charge in [0.2, 0.25) is 5.91 Å². The van der Waals surface area contributed by atoms with E-state index in [-0.39, 0.29) is 17.8 Å². The molecule has 0 spiro atoms. The zero-order valence-corrected chi connectivity index (χ0v) is 13.9. The van der Waals surface area contributed by atoms with Gasteiger partial charge >= 0.3 is 0 Å². The second kappa shape index (κ2) is 6.81. The molecule has 3 aliphatic rings. The number of hydrogen-bond acceptors (Lipinski definition) is 3. The number of carbonyl (C=O) groups is 1. The highest BCUT2D eigenvalue weighted by molar-refractivity contribution is 5.76. The van der Waals surface area contributed by atoms with Crippen LogP contribution in [0.4, 0.5) is 4.39 Å². The van der Waals surface area contributed by atoms with Crippen LogP contribution in [0.3, 0.4) is 0 Å². The lowest BCUT2D eigenvalue weighted by atomic mass is 10.1. The fraction of sp³-hybridized carbons (Fsp3) is 0.632. The van der Waals surface area contributed by atoms with E-state index in [0.29, 0.717) is 25.0 Å². The van der Waals surface area contributed by atoms with Gasteiger partial charge in [0, 0.05) is 31.6 Å². The van der Waals surface area contributed by atoms with Crippen LogP contribution < -0.4 is 5.32 Å². The van der Waals surface area contributed by atoms with Gasteiger partial charge in [-0.1, -0.05) is 12.1 Å². The number of aryl methyl sites for hydroxylation is 1. The van der Waals surface area contributed by atoms with Gasteiger partial charge in [0.25, 0.3) is 0 Å². The molecule has 130 valence electrons. The number of amides is 1. The van der Waals surface area contributed by atoms with Crippen molar-refractivity contribution in [2.24, 2.45) is 5.92 Å². The Morgan fingerprint density at radius 2 is 2.04 bits per heavy atom. The summed E-state index contributed by atoms with van der Waals surface area (Å²) < 4.78 is 18.9. The van der Waals surface area contributed by atoms with Crippen LogP contribution in [-0.4, -0.2) is 48.7 Å². The fourth-order valence-electron chi connectivity index (χ4n) is 3.97. The van der Waals surface area contributed by atoms with Gasteiger partial charge in [0.05, 0.1) is 12.7 Å². The smallest absolute Gasteiger partial charge is 0.220 e. The van der Waals surface area contributed by atoms with E-state index in [1.807, 2.05) is 0 Å². The van der Waals surface area contributed by atoms with Gasteiger partial charge in [0.15, 0.2) is 0 Å². The molecule has 1 amide bonds. The Hall–Kier alpha value is -1.46. The lowest BCUT2D eigenvalue weighted by Gasteiger charge is -2.35. The fourth-order valence-corrected chi connectivity index (χ4v) is 3.97. The molecule has 3 atom stereocenters. The van der Waals surface area contributed by atoms with Crippen LogP contribution in [0.15, 0.2) is 24.3 Å². The van der Waals surface area contributed by atoms with Gasteiger partial charge in [-0.3, -0.25) is 9.69 Å². The molecule has 1 aromatic carbocycles. The third-order valence-corrected chi connectivity index (χ3v) is 5.51. The highest BCUT2D eigenvalue weighted by Crippen LogP contribution is 2.37. The van der Waals surface area contributed by atoms with Gasteiger partial charge in [-0.05, 0) is 49.3 Å². The Morgan fingerprint density at radius 3 is 2.79 bits per heavy atom. The molecule has 2 heterocycles. The van der Waals surface area contributed by atoms with Crippen molar-refractivity contribution in [3.05, 3.63) is 35.6 Å². The molecule has 3 fully saturated rings. The van der Waals surface area contributed by atoms with Crippen molar-refractivity contribution < 1.29 is 13.9 Å². The molecule has 4 nitrogen and oxygen atoms in total. The van der Waals surface area contributed by atoms with Crippen LogP contribution in [-0.2, 0) is 16.0 Å². The summed E-state index contributed by atoms with van der Waals surface area (Å²) in [6.45, 7) is 2.78. The number of nitrogens with one attached hydrogen (secondary N) is 1. The van der Waals surface area contributed by atoms with Crippen molar-refractivity contribution in [1.82, 2.24) is 10.2 Å². The normalized spacial score (nSPS) is 30.1. The number of hydrogen-bond donors (Lipinski definition) is 1. The molecular formula is C19H25FN2O2. The SMILES string of the molecule is O=C(CCc1ccc(F)cc1)N[C@H]1C[C@H]2CO[C@@H](C3CC3)CN2C1. The zero-order valence-electron chi connectivity index (χ0n) is 13.9. The number of benzene rings is 1. The van der Waals surface area contributed by atoms with E-state index in [4.69, 9.17) is 4.74 Å². The maximum Gasteiger partial charge on any atom is 0.220 e. The number of halogens is 1. The van der Waals surface area contributed by atoms with Gasteiger partial charge < -0.3 is 10.1 Å². The number of ether oxygens (including phenoxy) is 1. The quantitative estimate of drug-likeness (QED) is 0.898. The molecule has 1 N–H and O–H groups in total. The third kappa shape index (κ3) is 3.78. The summed E-state index contributed by atoms with van der Waals surface area (Å²) in [5.41, 5.74) is 0.996. The molecule has 0 radical (unpaired) electrons. The molecule has 24 heavy (non-hydrogen) atoms. The van der Waals surface area contributed by atoms with Gasteiger partial charge in [-0.25, -0.2) is 4.39 Å². The molecule has 1 aromatic rings. The summed E-state index contributed by atoms with van der Waals surface area (Å²) in [4.78, 5) is 14.7. The summed E-state index contributed by atoms with van der Waals surface area (Å²) in [5.74, 6) is 0.622. The van der Waals surface area contributed by atoms with Crippen molar-refractivity contribution in [3.63, 3.8) is 0 Å². The number of fused-ring (bicyclic) bond motifs is 1. The number of nitrogens with zero attached hydrogens (tertiary/aromatic N) is 1.